The van der Waals surface area contributed by atoms with Crippen LogP contribution in [-0.4, -0.2) is 15.0 Å². The highest BCUT2D eigenvalue weighted by Crippen LogP contribution is 2.25. The molecule has 0 radical (unpaired) electrons. The third-order valence-corrected chi connectivity index (χ3v) is 3.51. The summed E-state index contributed by atoms with van der Waals surface area (Å²) in [5, 5.41) is 9.10. The summed E-state index contributed by atoms with van der Waals surface area (Å²) in [5.41, 5.74) is 9.61. The Hall–Kier alpha value is -2.17. The molecule has 1 heterocycles. The van der Waals surface area contributed by atoms with Crippen molar-refractivity contribution in [2.45, 2.75) is 13.1 Å². The van der Waals surface area contributed by atoms with Gasteiger partial charge in [0.25, 0.3) is 0 Å². The molecule has 0 aliphatic heterocycles. The Kier molecular flexibility index (Phi) is 3.99. The number of aromatic nitrogens is 3. The van der Waals surface area contributed by atoms with Crippen molar-refractivity contribution in [2.75, 3.05) is 0 Å². The van der Waals surface area contributed by atoms with Crippen LogP contribution in [0, 0.1) is 0 Å². The Bertz CT molecular complexity index is 737. The van der Waals surface area contributed by atoms with Gasteiger partial charge in [-0.1, -0.05) is 59.3 Å². The average molecular weight is 299 g/mol. The minimum absolute atomic E-state index is 0.344. The van der Waals surface area contributed by atoms with Crippen molar-refractivity contribution in [3.8, 4) is 11.3 Å². The first-order chi connectivity index (χ1) is 10.3. The molecule has 2 aromatic carbocycles. The van der Waals surface area contributed by atoms with Gasteiger partial charge in [0.15, 0.2) is 0 Å². The van der Waals surface area contributed by atoms with E-state index in [0.717, 1.165) is 22.5 Å². The predicted molar refractivity (Wildman–Crippen MR) is 83.9 cm³/mol. The third kappa shape index (κ3) is 2.96. The number of rotatable bonds is 4. The van der Waals surface area contributed by atoms with Crippen LogP contribution >= 0.6 is 11.6 Å². The van der Waals surface area contributed by atoms with Crippen LogP contribution in [0.4, 0.5) is 0 Å². The molecule has 0 aliphatic rings. The number of hydrogen-bond donors (Lipinski definition) is 1. The zero-order valence-electron chi connectivity index (χ0n) is 11.4. The minimum Gasteiger partial charge on any atom is -0.325 e. The van der Waals surface area contributed by atoms with E-state index in [-0.39, 0.29) is 0 Å². The van der Waals surface area contributed by atoms with Crippen molar-refractivity contribution in [3.05, 3.63) is 70.9 Å². The van der Waals surface area contributed by atoms with Gasteiger partial charge in [-0.05, 0) is 17.7 Å². The molecule has 3 rings (SSSR count). The lowest BCUT2D eigenvalue weighted by Crippen LogP contribution is -2.05. The largest absolute Gasteiger partial charge is 0.325 e. The van der Waals surface area contributed by atoms with E-state index in [1.165, 1.54) is 0 Å². The maximum atomic E-state index is 6.09. The average Bonchev–Trinajstić information content (AvgIpc) is 2.91. The third-order valence-electron chi connectivity index (χ3n) is 3.27. The van der Waals surface area contributed by atoms with Crippen molar-refractivity contribution in [2.24, 2.45) is 5.73 Å². The Labute approximate surface area is 128 Å². The lowest BCUT2D eigenvalue weighted by molar-refractivity contribution is 0.655. The van der Waals surface area contributed by atoms with Crippen LogP contribution in [0.1, 0.15) is 11.3 Å². The predicted octanol–water partition coefficient (Wildman–Crippen LogP) is 3.11. The van der Waals surface area contributed by atoms with Gasteiger partial charge in [-0.15, -0.1) is 5.10 Å². The summed E-state index contributed by atoms with van der Waals surface area (Å²) in [6.07, 6.45) is 0. The van der Waals surface area contributed by atoms with Crippen molar-refractivity contribution >= 4 is 11.6 Å². The van der Waals surface area contributed by atoms with Gasteiger partial charge in [0.05, 0.1) is 12.2 Å². The number of nitrogens with zero attached hydrogens (tertiary/aromatic N) is 3. The molecule has 0 amide bonds. The number of benzene rings is 2. The van der Waals surface area contributed by atoms with E-state index in [0.29, 0.717) is 18.1 Å². The van der Waals surface area contributed by atoms with Crippen LogP contribution in [0.25, 0.3) is 11.3 Å². The van der Waals surface area contributed by atoms with Crippen LogP contribution in [0.2, 0.25) is 5.02 Å². The number of halogens is 1. The molecule has 0 aliphatic carbocycles. The number of nitrogens with two attached hydrogens (primary N) is 1. The summed E-state index contributed by atoms with van der Waals surface area (Å²) in [5.74, 6) is 0. The summed E-state index contributed by atoms with van der Waals surface area (Å²) in [6, 6.07) is 17.8. The van der Waals surface area contributed by atoms with E-state index < -0.39 is 0 Å². The molecular formula is C16H15ClN4. The first kappa shape index (κ1) is 13.8. The SMILES string of the molecule is NCc1nnn(Cc2ccccc2)c1-c1cccc(Cl)c1. The normalized spacial score (nSPS) is 10.8. The summed E-state index contributed by atoms with van der Waals surface area (Å²) in [7, 11) is 0. The fourth-order valence-corrected chi connectivity index (χ4v) is 2.50. The van der Waals surface area contributed by atoms with Gasteiger partial charge in [-0.2, -0.15) is 0 Å². The molecular weight excluding hydrogens is 284 g/mol. The molecule has 106 valence electrons. The molecule has 0 spiro atoms. The quantitative estimate of drug-likeness (QED) is 0.805. The molecule has 1 aromatic heterocycles. The first-order valence-corrected chi connectivity index (χ1v) is 7.08. The molecule has 3 aromatic rings. The Morgan fingerprint density at radius 3 is 2.57 bits per heavy atom. The second kappa shape index (κ2) is 6.08. The lowest BCUT2D eigenvalue weighted by atomic mass is 10.1. The van der Waals surface area contributed by atoms with Gasteiger partial charge in [0, 0.05) is 17.1 Å². The first-order valence-electron chi connectivity index (χ1n) is 6.70. The highest BCUT2D eigenvalue weighted by atomic mass is 35.5. The topological polar surface area (TPSA) is 56.7 Å². The van der Waals surface area contributed by atoms with E-state index in [2.05, 4.69) is 22.4 Å². The lowest BCUT2D eigenvalue weighted by Gasteiger charge is -2.08. The van der Waals surface area contributed by atoms with E-state index in [1.54, 1.807) is 0 Å². The second-order valence-corrected chi connectivity index (χ2v) is 5.18. The standard InChI is InChI=1S/C16H15ClN4/c17-14-8-4-7-13(9-14)16-15(10-18)19-20-21(16)11-12-5-2-1-3-6-12/h1-9H,10-11,18H2. The highest BCUT2D eigenvalue weighted by Gasteiger charge is 2.14. The van der Waals surface area contributed by atoms with E-state index in [1.807, 2.05) is 47.1 Å². The van der Waals surface area contributed by atoms with Crippen LogP contribution in [-0.2, 0) is 13.1 Å². The Morgan fingerprint density at radius 2 is 1.86 bits per heavy atom. The smallest absolute Gasteiger partial charge is 0.104 e. The molecule has 2 N–H and O–H groups in total. The van der Waals surface area contributed by atoms with E-state index >= 15 is 0 Å². The van der Waals surface area contributed by atoms with Crippen LogP contribution in [0.5, 0.6) is 0 Å². The maximum absolute atomic E-state index is 6.09. The fraction of sp³-hybridized carbons (Fsp3) is 0.125. The van der Waals surface area contributed by atoms with Gasteiger partial charge in [0.1, 0.15) is 5.69 Å². The number of hydrogen-bond acceptors (Lipinski definition) is 3. The molecule has 0 saturated carbocycles. The van der Waals surface area contributed by atoms with Crippen LogP contribution < -0.4 is 5.73 Å². The molecule has 0 bridgehead atoms. The molecule has 4 nitrogen and oxygen atoms in total. The molecule has 0 atom stereocenters. The van der Waals surface area contributed by atoms with Crippen molar-refractivity contribution < 1.29 is 0 Å². The monoisotopic (exact) mass is 298 g/mol. The molecule has 21 heavy (non-hydrogen) atoms. The van der Waals surface area contributed by atoms with Gasteiger partial charge in [-0.25, -0.2) is 4.68 Å². The Morgan fingerprint density at radius 1 is 1.05 bits per heavy atom. The Balaban J connectivity index is 2.04. The molecule has 0 fully saturated rings. The van der Waals surface area contributed by atoms with Gasteiger partial charge >= 0.3 is 0 Å². The van der Waals surface area contributed by atoms with Crippen molar-refractivity contribution in [1.82, 2.24) is 15.0 Å². The zero-order chi connectivity index (χ0) is 14.7. The summed E-state index contributed by atoms with van der Waals surface area (Å²) in [4.78, 5) is 0. The second-order valence-electron chi connectivity index (χ2n) is 4.74. The zero-order valence-corrected chi connectivity index (χ0v) is 12.2. The fourth-order valence-electron chi connectivity index (χ4n) is 2.30. The molecule has 0 unspecified atom stereocenters. The van der Waals surface area contributed by atoms with Crippen molar-refractivity contribution in [3.63, 3.8) is 0 Å². The van der Waals surface area contributed by atoms with Gasteiger partial charge in [-0.3, -0.25) is 0 Å². The summed E-state index contributed by atoms with van der Waals surface area (Å²) >= 11 is 6.09. The van der Waals surface area contributed by atoms with E-state index in [9.17, 15) is 0 Å². The van der Waals surface area contributed by atoms with E-state index in [4.69, 9.17) is 17.3 Å². The molecule has 0 saturated heterocycles. The maximum Gasteiger partial charge on any atom is 0.104 e. The van der Waals surface area contributed by atoms with Crippen molar-refractivity contribution in [1.29, 1.82) is 0 Å². The van der Waals surface area contributed by atoms with Crippen LogP contribution in [0.15, 0.2) is 54.6 Å². The van der Waals surface area contributed by atoms with Gasteiger partial charge in [0.2, 0.25) is 0 Å². The highest BCUT2D eigenvalue weighted by molar-refractivity contribution is 6.30. The molecule has 5 heteroatoms. The minimum atomic E-state index is 0.344. The van der Waals surface area contributed by atoms with Crippen LogP contribution in [0.3, 0.4) is 0 Å². The summed E-state index contributed by atoms with van der Waals surface area (Å²) < 4.78 is 1.86. The summed E-state index contributed by atoms with van der Waals surface area (Å²) in [6.45, 7) is 0.992. The van der Waals surface area contributed by atoms with Gasteiger partial charge < -0.3 is 5.73 Å².